The fourth-order valence-electron chi connectivity index (χ4n) is 2.75. The van der Waals surface area contributed by atoms with Crippen LogP contribution in [-0.2, 0) is 9.47 Å². The van der Waals surface area contributed by atoms with Crippen molar-refractivity contribution in [3.8, 4) is 0 Å². The molecule has 1 aliphatic rings. The molecule has 3 atom stereocenters. The summed E-state index contributed by atoms with van der Waals surface area (Å²) in [4.78, 5) is 0. The van der Waals surface area contributed by atoms with E-state index in [4.69, 9.17) is 9.47 Å². The molecule has 0 aromatic rings. The van der Waals surface area contributed by atoms with Gasteiger partial charge in [0.25, 0.3) is 0 Å². The van der Waals surface area contributed by atoms with Crippen LogP contribution in [-0.4, -0.2) is 39.0 Å². The third-order valence-electron chi connectivity index (χ3n) is 4.19. The highest BCUT2D eigenvalue weighted by Gasteiger charge is 2.25. The molecule has 0 aromatic carbocycles. The molecule has 1 rings (SSSR count). The van der Waals surface area contributed by atoms with E-state index in [1.165, 1.54) is 32.1 Å². The van der Waals surface area contributed by atoms with Gasteiger partial charge in [-0.25, -0.2) is 0 Å². The van der Waals surface area contributed by atoms with Gasteiger partial charge in [-0.3, -0.25) is 0 Å². The average molecular weight is 271 g/mol. The Kier molecular flexibility index (Phi) is 9.48. The van der Waals surface area contributed by atoms with Crippen LogP contribution in [0.3, 0.4) is 0 Å². The molecule has 0 bridgehead atoms. The second kappa shape index (κ2) is 10.6. The maximum absolute atomic E-state index is 5.99. The number of ether oxygens (including phenoxy) is 2. The lowest BCUT2D eigenvalue weighted by Crippen LogP contribution is -2.40. The summed E-state index contributed by atoms with van der Waals surface area (Å²) < 4.78 is 11.5. The smallest absolute Gasteiger partial charge is 0.0623 e. The van der Waals surface area contributed by atoms with Crippen LogP contribution < -0.4 is 5.32 Å². The van der Waals surface area contributed by atoms with Gasteiger partial charge in [-0.1, -0.05) is 40.0 Å². The van der Waals surface area contributed by atoms with Gasteiger partial charge in [0.2, 0.25) is 0 Å². The summed E-state index contributed by atoms with van der Waals surface area (Å²) in [5.41, 5.74) is 0. The molecule has 1 fully saturated rings. The Morgan fingerprint density at radius 1 is 1.26 bits per heavy atom. The zero-order valence-corrected chi connectivity index (χ0v) is 13.1. The normalized spacial score (nSPS) is 22.6. The largest absolute Gasteiger partial charge is 0.381 e. The Morgan fingerprint density at radius 3 is 2.68 bits per heavy atom. The van der Waals surface area contributed by atoms with Crippen molar-refractivity contribution in [2.24, 2.45) is 11.8 Å². The Labute approximate surface area is 119 Å². The van der Waals surface area contributed by atoms with Gasteiger partial charge >= 0.3 is 0 Å². The molecular weight excluding hydrogens is 238 g/mol. The van der Waals surface area contributed by atoms with Gasteiger partial charge in [-0.05, 0) is 25.3 Å². The highest BCUT2D eigenvalue weighted by atomic mass is 16.5. The minimum atomic E-state index is 0.469. The Bertz CT molecular complexity index is 205. The van der Waals surface area contributed by atoms with Crippen molar-refractivity contribution in [1.82, 2.24) is 5.32 Å². The predicted octanol–water partition coefficient (Wildman–Crippen LogP) is 3.23. The van der Waals surface area contributed by atoms with Crippen LogP contribution in [0.5, 0.6) is 0 Å². The second-order valence-electron chi connectivity index (χ2n) is 5.74. The van der Waals surface area contributed by atoms with Crippen LogP contribution >= 0.6 is 0 Å². The molecule has 3 unspecified atom stereocenters. The molecule has 3 nitrogen and oxygen atoms in total. The number of hydrogen-bond donors (Lipinski definition) is 1. The fourth-order valence-corrected chi connectivity index (χ4v) is 2.75. The summed E-state index contributed by atoms with van der Waals surface area (Å²) in [5, 5.41) is 3.55. The monoisotopic (exact) mass is 271 g/mol. The zero-order valence-electron chi connectivity index (χ0n) is 13.1. The highest BCUT2D eigenvalue weighted by molar-refractivity contribution is 4.79. The van der Waals surface area contributed by atoms with Crippen LogP contribution in [0.2, 0.25) is 0 Å². The van der Waals surface area contributed by atoms with Crippen molar-refractivity contribution in [3.63, 3.8) is 0 Å². The first kappa shape index (κ1) is 16.9. The van der Waals surface area contributed by atoms with Gasteiger partial charge in [-0.15, -0.1) is 0 Å². The molecular formula is C16H33NO2. The topological polar surface area (TPSA) is 30.5 Å². The van der Waals surface area contributed by atoms with Crippen LogP contribution in [0.25, 0.3) is 0 Å². The molecule has 0 aromatic heterocycles. The first-order chi connectivity index (χ1) is 9.31. The third kappa shape index (κ3) is 6.73. The van der Waals surface area contributed by atoms with Gasteiger partial charge < -0.3 is 14.8 Å². The van der Waals surface area contributed by atoms with Crippen LogP contribution in [0, 0.1) is 11.8 Å². The van der Waals surface area contributed by atoms with Gasteiger partial charge in [-0.2, -0.15) is 0 Å². The SMILES string of the molecule is CCCCC(CC)COCC(NCC)C1CCOC1. The molecule has 1 saturated heterocycles. The van der Waals surface area contributed by atoms with Crippen molar-refractivity contribution in [2.45, 2.75) is 58.9 Å². The van der Waals surface area contributed by atoms with E-state index < -0.39 is 0 Å². The van der Waals surface area contributed by atoms with Crippen LogP contribution in [0.1, 0.15) is 52.9 Å². The maximum atomic E-state index is 5.99. The van der Waals surface area contributed by atoms with Gasteiger partial charge in [0, 0.05) is 25.2 Å². The van der Waals surface area contributed by atoms with Gasteiger partial charge in [0.15, 0.2) is 0 Å². The van der Waals surface area contributed by atoms with Crippen molar-refractivity contribution in [3.05, 3.63) is 0 Å². The van der Waals surface area contributed by atoms with Crippen molar-refractivity contribution >= 4 is 0 Å². The summed E-state index contributed by atoms with van der Waals surface area (Å²) in [6, 6.07) is 0.469. The molecule has 19 heavy (non-hydrogen) atoms. The molecule has 114 valence electrons. The van der Waals surface area contributed by atoms with Crippen LogP contribution in [0.15, 0.2) is 0 Å². The fraction of sp³-hybridized carbons (Fsp3) is 1.00. The molecule has 0 spiro atoms. The molecule has 0 radical (unpaired) electrons. The summed E-state index contributed by atoms with van der Waals surface area (Å²) >= 11 is 0. The van der Waals surface area contributed by atoms with E-state index in [9.17, 15) is 0 Å². The summed E-state index contributed by atoms with van der Waals surface area (Å²) in [7, 11) is 0. The summed E-state index contributed by atoms with van der Waals surface area (Å²) in [6.07, 6.45) is 6.34. The van der Waals surface area contributed by atoms with E-state index in [2.05, 4.69) is 26.1 Å². The molecule has 0 saturated carbocycles. The minimum Gasteiger partial charge on any atom is -0.381 e. The lowest BCUT2D eigenvalue weighted by atomic mass is 9.99. The van der Waals surface area contributed by atoms with E-state index in [-0.39, 0.29) is 0 Å². The van der Waals surface area contributed by atoms with Crippen molar-refractivity contribution < 1.29 is 9.47 Å². The van der Waals surface area contributed by atoms with Gasteiger partial charge in [0.1, 0.15) is 0 Å². The van der Waals surface area contributed by atoms with Crippen molar-refractivity contribution in [1.29, 1.82) is 0 Å². The summed E-state index contributed by atoms with van der Waals surface area (Å²) in [5.74, 6) is 1.37. The number of likely N-dealkylation sites (N-methyl/N-ethyl adjacent to an activating group) is 1. The number of rotatable bonds is 11. The van der Waals surface area contributed by atoms with E-state index in [0.29, 0.717) is 12.0 Å². The predicted molar refractivity (Wildman–Crippen MR) is 80.5 cm³/mol. The number of unbranched alkanes of at least 4 members (excludes halogenated alkanes) is 1. The molecule has 1 heterocycles. The quantitative estimate of drug-likeness (QED) is 0.626. The number of nitrogens with one attached hydrogen (secondary N) is 1. The van der Waals surface area contributed by atoms with Gasteiger partial charge in [0.05, 0.1) is 13.2 Å². The molecule has 0 aliphatic carbocycles. The Morgan fingerprint density at radius 2 is 2.11 bits per heavy atom. The molecule has 3 heteroatoms. The van der Waals surface area contributed by atoms with E-state index >= 15 is 0 Å². The standard InChI is InChI=1S/C16H33NO2/c1-4-7-8-14(5-2)11-19-13-16(17-6-3)15-9-10-18-12-15/h14-17H,4-13H2,1-3H3. The average Bonchev–Trinajstić information content (AvgIpc) is 2.95. The maximum Gasteiger partial charge on any atom is 0.0623 e. The Balaban J connectivity index is 2.22. The Hall–Kier alpha value is -0.120. The molecule has 0 amide bonds. The lowest BCUT2D eigenvalue weighted by Gasteiger charge is -2.24. The zero-order chi connectivity index (χ0) is 13.9. The molecule has 1 aliphatic heterocycles. The van der Waals surface area contributed by atoms with E-state index in [1.54, 1.807) is 0 Å². The first-order valence-corrected chi connectivity index (χ1v) is 8.20. The van der Waals surface area contributed by atoms with E-state index in [1.807, 2.05) is 0 Å². The second-order valence-corrected chi connectivity index (χ2v) is 5.74. The van der Waals surface area contributed by atoms with Crippen LogP contribution in [0.4, 0.5) is 0 Å². The lowest BCUT2D eigenvalue weighted by molar-refractivity contribution is 0.0607. The summed E-state index contributed by atoms with van der Waals surface area (Å²) in [6.45, 7) is 11.3. The first-order valence-electron chi connectivity index (χ1n) is 8.20. The third-order valence-corrected chi connectivity index (χ3v) is 4.19. The highest BCUT2D eigenvalue weighted by Crippen LogP contribution is 2.18. The van der Waals surface area contributed by atoms with Crippen molar-refractivity contribution in [2.75, 3.05) is 33.0 Å². The van der Waals surface area contributed by atoms with E-state index in [0.717, 1.165) is 38.9 Å². The molecule has 1 N–H and O–H groups in total. The number of hydrogen-bond acceptors (Lipinski definition) is 3. The minimum absolute atomic E-state index is 0.469.